The predicted octanol–water partition coefficient (Wildman–Crippen LogP) is 3.40. The molecule has 0 radical (unpaired) electrons. The summed E-state index contributed by atoms with van der Waals surface area (Å²) in [5, 5.41) is 0. The first-order valence-electron chi connectivity index (χ1n) is 7.54. The fraction of sp³-hybridized carbons (Fsp3) is 0.412. The van der Waals surface area contributed by atoms with Crippen LogP contribution in [0.2, 0.25) is 0 Å². The summed E-state index contributed by atoms with van der Waals surface area (Å²) in [5.74, 6) is 1.51. The third kappa shape index (κ3) is 1.80. The van der Waals surface area contributed by atoms with Gasteiger partial charge in [0.1, 0.15) is 0 Å². The lowest BCUT2D eigenvalue weighted by Gasteiger charge is -2.31. The van der Waals surface area contributed by atoms with E-state index in [1.807, 2.05) is 0 Å². The molecule has 0 N–H and O–H groups in total. The number of fused-ring (bicyclic) bond motifs is 1. The molecule has 1 aliphatic heterocycles. The summed E-state index contributed by atoms with van der Waals surface area (Å²) in [5.41, 5.74) is 5.03. The number of hydrogen-bond donors (Lipinski definition) is 0. The van der Waals surface area contributed by atoms with Gasteiger partial charge in [0.15, 0.2) is 0 Å². The normalized spacial score (nSPS) is 20.6. The van der Waals surface area contributed by atoms with Crippen LogP contribution < -0.4 is 4.90 Å². The molecule has 102 valence electrons. The number of hydrogen-bond acceptors (Lipinski definition) is 3. The van der Waals surface area contributed by atoms with Crippen molar-refractivity contribution in [3.05, 3.63) is 41.6 Å². The molecule has 1 fully saturated rings. The second-order valence-electron chi connectivity index (χ2n) is 5.88. The molecule has 3 nitrogen and oxygen atoms in total. The quantitative estimate of drug-likeness (QED) is 0.833. The van der Waals surface area contributed by atoms with Crippen molar-refractivity contribution in [3.63, 3.8) is 0 Å². The van der Waals surface area contributed by atoms with Crippen molar-refractivity contribution in [2.45, 2.75) is 32.1 Å². The zero-order valence-corrected chi connectivity index (χ0v) is 11.8. The van der Waals surface area contributed by atoms with Gasteiger partial charge in [0.25, 0.3) is 0 Å². The second kappa shape index (κ2) is 4.58. The van der Waals surface area contributed by atoms with Gasteiger partial charge in [-0.05, 0) is 25.2 Å². The van der Waals surface area contributed by atoms with Gasteiger partial charge in [0.2, 0.25) is 5.95 Å². The van der Waals surface area contributed by atoms with Gasteiger partial charge in [-0.3, -0.25) is 0 Å². The Hall–Kier alpha value is -1.90. The average molecular weight is 265 g/mol. The average Bonchev–Trinajstić information content (AvgIpc) is 2.79. The second-order valence-corrected chi connectivity index (χ2v) is 5.88. The van der Waals surface area contributed by atoms with Gasteiger partial charge in [-0.25, -0.2) is 9.97 Å². The monoisotopic (exact) mass is 265 g/mol. The predicted molar refractivity (Wildman–Crippen MR) is 81.0 cm³/mol. The van der Waals surface area contributed by atoms with Gasteiger partial charge in [-0.1, -0.05) is 37.3 Å². The molecular weight excluding hydrogens is 246 g/mol. The Morgan fingerprint density at radius 3 is 2.60 bits per heavy atom. The molecule has 1 aromatic heterocycles. The van der Waals surface area contributed by atoms with Gasteiger partial charge in [0, 0.05) is 24.2 Å². The first-order chi connectivity index (χ1) is 9.83. The molecule has 0 saturated carbocycles. The number of aromatic nitrogens is 2. The van der Waals surface area contributed by atoms with E-state index in [1.54, 1.807) is 0 Å². The van der Waals surface area contributed by atoms with Crippen molar-refractivity contribution < 1.29 is 0 Å². The minimum Gasteiger partial charge on any atom is -0.341 e. The summed E-state index contributed by atoms with van der Waals surface area (Å²) >= 11 is 0. The van der Waals surface area contributed by atoms with E-state index in [9.17, 15) is 0 Å². The van der Waals surface area contributed by atoms with Crippen molar-refractivity contribution in [2.24, 2.45) is 0 Å². The zero-order chi connectivity index (χ0) is 13.5. The minimum atomic E-state index is 0.575. The van der Waals surface area contributed by atoms with E-state index in [0.29, 0.717) is 5.92 Å². The molecule has 0 amide bonds. The summed E-state index contributed by atoms with van der Waals surface area (Å²) in [7, 11) is 0. The molecule has 0 bridgehead atoms. The van der Waals surface area contributed by atoms with Gasteiger partial charge in [0.05, 0.1) is 11.4 Å². The van der Waals surface area contributed by atoms with Crippen molar-refractivity contribution >= 4 is 5.95 Å². The van der Waals surface area contributed by atoms with Gasteiger partial charge < -0.3 is 4.90 Å². The third-order valence-corrected chi connectivity index (χ3v) is 4.51. The highest BCUT2D eigenvalue weighted by atomic mass is 15.3. The zero-order valence-electron chi connectivity index (χ0n) is 11.8. The lowest BCUT2D eigenvalue weighted by atomic mass is 9.99. The van der Waals surface area contributed by atoms with E-state index in [1.165, 1.54) is 29.7 Å². The van der Waals surface area contributed by atoms with Crippen LogP contribution in [0.5, 0.6) is 0 Å². The standard InChI is InChI=1S/C17H19N3/c1-12-8-9-14-15(12)16(13-6-3-2-4-7-13)19-17(18-14)20-10-5-11-20/h2-4,6-7,12H,5,8-11H2,1H3. The highest BCUT2D eigenvalue weighted by Gasteiger charge is 2.28. The van der Waals surface area contributed by atoms with Crippen molar-refractivity contribution in [1.82, 2.24) is 9.97 Å². The molecule has 1 atom stereocenters. The van der Waals surface area contributed by atoms with Crippen LogP contribution >= 0.6 is 0 Å². The Labute approximate surface area is 119 Å². The Morgan fingerprint density at radius 2 is 1.90 bits per heavy atom. The maximum Gasteiger partial charge on any atom is 0.226 e. The summed E-state index contributed by atoms with van der Waals surface area (Å²) < 4.78 is 0. The van der Waals surface area contributed by atoms with E-state index in [-0.39, 0.29) is 0 Å². The van der Waals surface area contributed by atoms with Crippen LogP contribution in [0.1, 0.15) is 36.9 Å². The Bertz CT molecular complexity index is 632. The summed E-state index contributed by atoms with van der Waals surface area (Å²) in [6.07, 6.45) is 3.56. The molecular formula is C17H19N3. The maximum absolute atomic E-state index is 4.90. The molecule has 0 spiro atoms. The largest absolute Gasteiger partial charge is 0.341 e. The van der Waals surface area contributed by atoms with E-state index < -0.39 is 0 Å². The number of nitrogens with zero attached hydrogens (tertiary/aromatic N) is 3. The SMILES string of the molecule is CC1CCc2nc(N3CCC3)nc(-c3ccccc3)c21. The van der Waals surface area contributed by atoms with Crippen LogP contribution in [0.4, 0.5) is 5.95 Å². The van der Waals surface area contributed by atoms with E-state index in [0.717, 1.165) is 31.2 Å². The first kappa shape index (κ1) is 11.9. The molecule has 2 aliphatic rings. The van der Waals surface area contributed by atoms with Gasteiger partial charge in [-0.2, -0.15) is 0 Å². The Kier molecular flexibility index (Phi) is 2.72. The van der Waals surface area contributed by atoms with Gasteiger partial charge >= 0.3 is 0 Å². The van der Waals surface area contributed by atoms with Crippen LogP contribution in [-0.4, -0.2) is 23.1 Å². The lowest BCUT2D eigenvalue weighted by Crippen LogP contribution is -2.38. The van der Waals surface area contributed by atoms with Crippen LogP contribution in [0.25, 0.3) is 11.3 Å². The molecule has 1 unspecified atom stereocenters. The van der Waals surface area contributed by atoms with Crippen LogP contribution in [0.15, 0.2) is 30.3 Å². The lowest BCUT2D eigenvalue weighted by molar-refractivity contribution is 0.599. The molecule has 1 saturated heterocycles. The molecule has 2 heterocycles. The van der Waals surface area contributed by atoms with Crippen molar-refractivity contribution in [3.8, 4) is 11.3 Å². The number of rotatable bonds is 2. The minimum absolute atomic E-state index is 0.575. The van der Waals surface area contributed by atoms with Crippen LogP contribution in [-0.2, 0) is 6.42 Å². The molecule has 20 heavy (non-hydrogen) atoms. The molecule has 1 aliphatic carbocycles. The summed E-state index contributed by atoms with van der Waals surface area (Å²) in [4.78, 5) is 12.0. The maximum atomic E-state index is 4.90. The van der Waals surface area contributed by atoms with E-state index >= 15 is 0 Å². The van der Waals surface area contributed by atoms with E-state index in [4.69, 9.17) is 9.97 Å². The van der Waals surface area contributed by atoms with Crippen LogP contribution in [0, 0.1) is 0 Å². The number of anilines is 1. The Balaban J connectivity index is 1.89. The third-order valence-electron chi connectivity index (χ3n) is 4.51. The topological polar surface area (TPSA) is 29.0 Å². The molecule has 1 aromatic carbocycles. The summed E-state index contributed by atoms with van der Waals surface area (Å²) in [6.45, 7) is 4.50. The number of benzene rings is 1. The smallest absolute Gasteiger partial charge is 0.226 e. The molecule has 3 heteroatoms. The highest BCUT2D eigenvalue weighted by molar-refractivity contribution is 5.67. The number of aryl methyl sites for hydroxylation is 1. The highest BCUT2D eigenvalue weighted by Crippen LogP contribution is 2.39. The first-order valence-corrected chi connectivity index (χ1v) is 7.54. The van der Waals surface area contributed by atoms with Crippen LogP contribution in [0.3, 0.4) is 0 Å². The van der Waals surface area contributed by atoms with Crippen molar-refractivity contribution in [1.29, 1.82) is 0 Å². The summed E-state index contributed by atoms with van der Waals surface area (Å²) in [6, 6.07) is 10.6. The fourth-order valence-electron chi connectivity index (χ4n) is 3.18. The van der Waals surface area contributed by atoms with Crippen molar-refractivity contribution in [2.75, 3.05) is 18.0 Å². The molecule has 2 aromatic rings. The van der Waals surface area contributed by atoms with Gasteiger partial charge in [-0.15, -0.1) is 0 Å². The Morgan fingerprint density at radius 1 is 1.10 bits per heavy atom. The fourth-order valence-corrected chi connectivity index (χ4v) is 3.18. The van der Waals surface area contributed by atoms with E-state index in [2.05, 4.69) is 42.2 Å². The molecule has 4 rings (SSSR count).